The van der Waals surface area contributed by atoms with Crippen LogP contribution < -0.4 is 16.2 Å². The minimum Gasteiger partial charge on any atom is -0.399 e. The smallest absolute Gasteiger partial charge is 0.240 e. The summed E-state index contributed by atoms with van der Waals surface area (Å²) in [6, 6.07) is 8.14. The van der Waals surface area contributed by atoms with E-state index in [0.717, 1.165) is 0 Å². The summed E-state index contributed by atoms with van der Waals surface area (Å²) < 4.78 is 36.7. The third-order valence-corrected chi connectivity index (χ3v) is 3.80. The molecule has 0 aliphatic rings. The lowest BCUT2D eigenvalue weighted by Crippen LogP contribution is -2.14. The molecule has 0 spiro atoms. The van der Waals surface area contributed by atoms with Gasteiger partial charge in [-0.25, -0.2) is 17.9 Å². The van der Waals surface area contributed by atoms with E-state index in [4.69, 9.17) is 22.5 Å². The molecule has 0 saturated heterocycles. The molecule has 106 valence electrons. The summed E-state index contributed by atoms with van der Waals surface area (Å²) in [5, 5.41) is 7.84. The number of rotatable bonds is 3. The van der Waals surface area contributed by atoms with Gasteiger partial charge < -0.3 is 11.1 Å². The molecule has 2 rings (SSSR count). The van der Waals surface area contributed by atoms with Gasteiger partial charge in [-0.15, -0.1) is 0 Å². The predicted molar refractivity (Wildman–Crippen MR) is 76.9 cm³/mol. The summed E-state index contributed by atoms with van der Waals surface area (Å²) in [5.74, 6) is -0.616. The molecule has 0 fully saturated rings. The van der Waals surface area contributed by atoms with Crippen molar-refractivity contribution in [2.75, 3.05) is 11.1 Å². The Morgan fingerprint density at radius 1 is 1.20 bits per heavy atom. The number of sulfonamides is 1. The largest absolute Gasteiger partial charge is 0.399 e. The molecule has 0 radical (unpaired) electrons. The molecule has 0 unspecified atom stereocenters. The quantitative estimate of drug-likeness (QED) is 0.758. The minimum atomic E-state index is -4.01. The number of nitrogens with two attached hydrogens (primary N) is 2. The summed E-state index contributed by atoms with van der Waals surface area (Å²) in [6.45, 7) is 0. The third kappa shape index (κ3) is 3.01. The molecule has 0 bridgehead atoms. The average molecular weight is 316 g/mol. The zero-order valence-corrected chi connectivity index (χ0v) is 11.7. The fourth-order valence-electron chi connectivity index (χ4n) is 1.63. The highest BCUT2D eigenvalue weighted by Crippen LogP contribution is 2.31. The molecule has 5 N–H and O–H groups in total. The first-order valence-corrected chi connectivity index (χ1v) is 7.35. The molecular formula is C12H11ClFN3O2S. The number of hydrogen-bond acceptors (Lipinski definition) is 4. The molecule has 0 aliphatic heterocycles. The van der Waals surface area contributed by atoms with Crippen LogP contribution >= 0.6 is 11.6 Å². The fourth-order valence-corrected chi connectivity index (χ4v) is 2.57. The molecule has 0 aromatic heterocycles. The maximum Gasteiger partial charge on any atom is 0.240 e. The first-order chi connectivity index (χ1) is 9.29. The number of anilines is 3. The number of halogens is 2. The van der Waals surface area contributed by atoms with E-state index in [1.165, 1.54) is 36.4 Å². The van der Waals surface area contributed by atoms with E-state index in [1.807, 2.05) is 0 Å². The van der Waals surface area contributed by atoms with Gasteiger partial charge in [0.2, 0.25) is 10.0 Å². The SMILES string of the molecule is Nc1ccc(Nc2c(F)cccc2Cl)c(S(N)(=O)=O)c1. The van der Waals surface area contributed by atoms with E-state index in [0.29, 0.717) is 0 Å². The highest BCUT2D eigenvalue weighted by Gasteiger charge is 2.16. The molecule has 2 aromatic carbocycles. The summed E-state index contributed by atoms with van der Waals surface area (Å²) in [7, 11) is -4.01. The molecule has 0 heterocycles. The van der Waals surface area contributed by atoms with Gasteiger partial charge in [0.1, 0.15) is 10.7 Å². The van der Waals surface area contributed by atoms with Crippen LogP contribution in [-0.4, -0.2) is 8.42 Å². The van der Waals surface area contributed by atoms with Gasteiger partial charge in [-0.3, -0.25) is 0 Å². The van der Waals surface area contributed by atoms with Crippen molar-refractivity contribution in [3.8, 4) is 0 Å². The van der Waals surface area contributed by atoms with Crippen molar-refractivity contribution in [2.45, 2.75) is 4.90 Å². The van der Waals surface area contributed by atoms with Crippen molar-refractivity contribution in [1.29, 1.82) is 0 Å². The van der Waals surface area contributed by atoms with Crippen molar-refractivity contribution in [1.82, 2.24) is 0 Å². The number of nitrogen functional groups attached to an aromatic ring is 1. The highest BCUT2D eigenvalue weighted by atomic mass is 35.5. The number of para-hydroxylation sites is 1. The molecule has 20 heavy (non-hydrogen) atoms. The van der Waals surface area contributed by atoms with E-state index in [9.17, 15) is 12.8 Å². The molecule has 0 saturated carbocycles. The van der Waals surface area contributed by atoms with Crippen LogP contribution in [0.15, 0.2) is 41.3 Å². The topological polar surface area (TPSA) is 98.2 Å². The number of primary sulfonamides is 1. The van der Waals surface area contributed by atoms with Crippen LogP contribution in [0.1, 0.15) is 0 Å². The van der Waals surface area contributed by atoms with E-state index in [2.05, 4.69) is 5.32 Å². The van der Waals surface area contributed by atoms with Crippen molar-refractivity contribution >= 4 is 38.7 Å². The van der Waals surface area contributed by atoms with E-state index >= 15 is 0 Å². The summed E-state index contributed by atoms with van der Waals surface area (Å²) in [6.07, 6.45) is 0. The molecule has 5 nitrogen and oxygen atoms in total. The van der Waals surface area contributed by atoms with Crippen LogP contribution in [0, 0.1) is 5.82 Å². The summed E-state index contributed by atoms with van der Waals surface area (Å²) >= 11 is 5.87. The maximum atomic E-state index is 13.7. The molecule has 2 aromatic rings. The second-order valence-corrected chi connectivity index (χ2v) is 5.96. The van der Waals surface area contributed by atoms with Gasteiger partial charge in [0, 0.05) is 5.69 Å². The Morgan fingerprint density at radius 2 is 1.90 bits per heavy atom. The second kappa shape index (κ2) is 5.28. The summed E-state index contributed by atoms with van der Waals surface area (Å²) in [4.78, 5) is -0.239. The lowest BCUT2D eigenvalue weighted by atomic mass is 10.2. The van der Waals surface area contributed by atoms with Crippen molar-refractivity contribution in [3.05, 3.63) is 47.2 Å². The number of hydrogen-bond donors (Lipinski definition) is 3. The van der Waals surface area contributed by atoms with Gasteiger partial charge in [-0.1, -0.05) is 17.7 Å². The molecule has 8 heteroatoms. The molecule has 0 atom stereocenters. The lowest BCUT2D eigenvalue weighted by Gasteiger charge is -2.13. The number of benzene rings is 2. The van der Waals surface area contributed by atoms with Crippen molar-refractivity contribution < 1.29 is 12.8 Å². The van der Waals surface area contributed by atoms with Crippen LogP contribution in [-0.2, 0) is 10.0 Å². The highest BCUT2D eigenvalue weighted by molar-refractivity contribution is 7.89. The van der Waals surface area contributed by atoms with Gasteiger partial charge >= 0.3 is 0 Å². The van der Waals surface area contributed by atoms with Crippen LogP contribution in [0.2, 0.25) is 5.02 Å². The van der Waals surface area contributed by atoms with Crippen molar-refractivity contribution in [2.24, 2.45) is 5.14 Å². The molecule has 0 amide bonds. The first-order valence-electron chi connectivity index (χ1n) is 5.42. The number of nitrogens with one attached hydrogen (secondary N) is 1. The van der Waals surface area contributed by atoms with Gasteiger partial charge in [-0.05, 0) is 30.3 Å². The van der Waals surface area contributed by atoms with Crippen LogP contribution in [0.4, 0.5) is 21.5 Å². The Kier molecular flexibility index (Phi) is 3.85. The fraction of sp³-hybridized carbons (Fsp3) is 0. The molecule has 0 aliphatic carbocycles. The van der Waals surface area contributed by atoms with Crippen LogP contribution in [0.3, 0.4) is 0 Å². The Hall–Kier alpha value is -1.83. The Bertz CT molecular complexity index is 745. The van der Waals surface area contributed by atoms with Crippen molar-refractivity contribution in [3.63, 3.8) is 0 Å². The van der Waals surface area contributed by atoms with E-state index in [1.54, 1.807) is 0 Å². The standard InChI is InChI=1S/C12H11ClFN3O2S/c13-8-2-1-3-9(14)12(8)17-10-5-4-7(15)6-11(10)20(16,18)19/h1-6,17H,15H2,(H2,16,18,19). The lowest BCUT2D eigenvalue weighted by molar-refractivity contribution is 0.598. The van der Waals surface area contributed by atoms with Gasteiger partial charge in [-0.2, -0.15) is 0 Å². The van der Waals surface area contributed by atoms with E-state index in [-0.39, 0.29) is 27.0 Å². The summed E-state index contributed by atoms with van der Waals surface area (Å²) in [5.41, 5.74) is 5.80. The van der Waals surface area contributed by atoms with Crippen LogP contribution in [0.25, 0.3) is 0 Å². The Morgan fingerprint density at radius 3 is 2.50 bits per heavy atom. The van der Waals surface area contributed by atoms with Crippen LogP contribution in [0.5, 0.6) is 0 Å². The monoisotopic (exact) mass is 315 g/mol. The third-order valence-electron chi connectivity index (χ3n) is 2.53. The van der Waals surface area contributed by atoms with Gasteiger partial charge in [0.05, 0.1) is 16.4 Å². The Labute approximate surface area is 120 Å². The predicted octanol–water partition coefficient (Wildman–Crippen LogP) is 2.45. The molecular weight excluding hydrogens is 305 g/mol. The normalized spacial score (nSPS) is 11.3. The second-order valence-electron chi connectivity index (χ2n) is 4.02. The van der Waals surface area contributed by atoms with Gasteiger partial charge in [0.25, 0.3) is 0 Å². The maximum absolute atomic E-state index is 13.7. The first kappa shape index (κ1) is 14.6. The zero-order chi connectivity index (χ0) is 14.9. The average Bonchev–Trinajstić information content (AvgIpc) is 2.34. The Balaban J connectivity index is 2.55. The van der Waals surface area contributed by atoms with E-state index < -0.39 is 15.8 Å². The zero-order valence-electron chi connectivity index (χ0n) is 10.1. The minimum absolute atomic E-state index is 0.0381. The van der Waals surface area contributed by atoms with Gasteiger partial charge in [0.15, 0.2) is 0 Å².